The van der Waals surface area contributed by atoms with Crippen LogP contribution >= 0.6 is 15.9 Å². The van der Waals surface area contributed by atoms with Gasteiger partial charge in [-0.25, -0.2) is 0 Å². The van der Waals surface area contributed by atoms with Crippen LogP contribution in [0.25, 0.3) is 0 Å². The fourth-order valence-electron chi connectivity index (χ4n) is 2.69. The lowest BCUT2D eigenvalue weighted by Gasteiger charge is -2.20. The zero-order chi connectivity index (χ0) is 12.4. The van der Waals surface area contributed by atoms with Gasteiger partial charge in [0.15, 0.2) is 5.78 Å². The van der Waals surface area contributed by atoms with Gasteiger partial charge >= 0.3 is 0 Å². The normalized spacial score (nSPS) is 17.1. The number of halogens is 1. The molecule has 2 heteroatoms. The molecule has 1 fully saturated rings. The van der Waals surface area contributed by atoms with Crippen LogP contribution in [0.2, 0.25) is 0 Å². The Balaban J connectivity index is 2.24. The van der Waals surface area contributed by atoms with Crippen LogP contribution in [0.1, 0.15) is 53.6 Å². The van der Waals surface area contributed by atoms with Crippen molar-refractivity contribution in [3.8, 4) is 0 Å². The molecule has 17 heavy (non-hydrogen) atoms. The predicted octanol–water partition coefficient (Wildman–Crippen LogP) is 4.83. The molecule has 1 saturated carbocycles. The third kappa shape index (κ3) is 2.79. The first-order valence-electron chi connectivity index (χ1n) is 6.40. The smallest absolute Gasteiger partial charge is 0.165 e. The van der Waals surface area contributed by atoms with E-state index in [2.05, 4.69) is 29.8 Å². The van der Waals surface area contributed by atoms with E-state index in [1.807, 2.05) is 12.1 Å². The van der Waals surface area contributed by atoms with Crippen molar-refractivity contribution in [1.29, 1.82) is 0 Å². The van der Waals surface area contributed by atoms with Crippen molar-refractivity contribution in [2.24, 2.45) is 5.92 Å². The molecule has 0 saturated heterocycles. The van der Waals surface area contributed by atoms with Crippen LogP contribution in [0.4, 0.5) is 0 Å². The largest absolute Gasteiger partial charge is 0.294 e. The summed E-state index contributed by atoms with van der Waals surface area (Å²) in [5.74, 6) is 0.618. The molecular formula is C15H19BrO. The summed E-state index contributed by atoms with van der Waals surface area (Å²) in [7, 11) is 0. The van der Waals surface area contributed by atoms with Crippen molar-refractivity contribution in [2.45, 2.75) is 46.0 Å². The van der Waals surface area contributed by atoms with Crippen LogP contribution in [0, 0.1) is 19.8 Å². The lowest BCUT2D eigenvalue weighted by molar-refractivity contribution is 0.0889. The number of hydrogen-bond acceptors (Lipinski definition) is 1. The molecule has 0 atom stereocenters. The minimum atomic E-state index is 0.267. The molecule has 1 aromatic carbocycles. The average molecular weight is 295 g/mol. The number of carbonyl (C=O) groups excluding carboxylic acids is 1. The summed E-state index contributed by atoms with van der Waals surface area (Å²) in [4.78, 5) is 12.4. The van der Waals surface area contributed by atoms with Gasteiger partial charge in [0, 0.05) is 16.0 Å². The van der Waals surface area contributed by atoms with Gasteiger partial charge in [-0.3, -0.25) is 4.79 Å². The first kappa shape index (κ1) is 12.8. The summed E-state index contributed by atoms with van der Waals surface area (Å²) < 4.78 is 1.12. The highest BCUT2D eigenvalue weighted by Crippen LogP contribution is 2.29. The Labute approximate surface area is 112 Å². The molecule has 0 radical (unpaired) electrons. The molecule has 0 N–H and O–H groups in total. The number of Topliss-reactive ketones (excluding diaryl/α,β-unsaturated/α-hetero) is 1. The Morgan fingerprint density at radius 2 is 1.65 bits per heavy atom. The maximum atomic E-state index is 12.4. The van der Waals surface area contributed by atoms with Gasteiger partial charge < -0.3 is 0 Å². The van der Waals surface area contributed by atoms with Gasteiger partial charge in [0.2, 0.25) is 0 Å². The summed E-state index contributed by atoms with van der Waals surface area (Å²) in [6.45, 7) is 4.10. The Kier molecular flexibility index (Phi) is 4.03. The molecular weight excluding hydrogens is 276 g/mol. The standard InChI is InChI=1S/C15H19BrO/c1-10-8-13(9-11(2)14(10)16)15(17)12-6-4-3-5-7-12/h8-9,12H,3-7H2,1-2H3. The topological polar surface area (TPSA) is 17.1 Å². The third-order valence-electron chi connectivity index (χ3n) is 3.70. The van der Waals surface area contributed by atoms with Crippen LogP contribution in [0.15, 0.2) is 16.6 Å². The number of rotatable bonds is 2. The monoisotopic (exact) mass is 294 g/mol. The van der Waals surface area contributed by atoms with Crippen molar-refractivity contribution >= 4 is 21.7 Å². The number of benzene rings is 1. The first-order chi connectivity index (χ1) is 8.09. The lowest BCUT2D eigenvalue weighted by Crippen LogP contribution is -2.18. The molecule has 0 aromatic heterocycles. The number of aryl methyl sites for hydroxylation is 2. The van der Waals surface area contributed by atoms with E-state index in [-0.39, 0.29) is 5.92 Å². The van der Waals surface area contributed by atoms with Gasteiger partial charge in [0.1, 0.15) is 0 Å². The fraction of sp³-hybridized carbons (Fsp3) is 0.533. The second-order valence-electron chi connectivity index (χ2n) is 5.12. The van der Waals surface area contributed by atoms with Crippen molar-refractivity contribution in [3.63, 3.8) is 0 Å². The quantitative estimate of drug-likeness (QED) is 0.714. The van der Waals surface area contributed by atoms with Gasteiger partial charge in [0.05, 0.1) is 0 Å². The SMILES string of the molecule is Cc1cc(C(=O)C2CCCCC2)cc(C)c1Br. The third-order valence-corrected chi connectivity index (χ3v) is 4.95. The van der Waals surface area contributed by atoms with E-state index in [0.717, 1.165) is 34.0 Å². The van der Waals surface area contributed by atoms with Crippen LogP contribution < -0.4 is 0 Å². The minimum Gasteiger partial charge on any atom is -0.294 e. The van der Waals surface area contributed by atoms with E-state index in [4.69, 9.17) is 0 Å². The maximum absolute atomic E-state index is 12.4. The zero-order valence-corrected chi connectivity index (χ0v) is 12.1. The van der Waals surface area contributed by atoms with Crippen molar-refractivity contribution < 1.29 is 4.79 Å². The highest BCUT2D eigenvalue weighted by atomic mass is 79.9. The Bertz CT molecular complexity index is 408. The zero-order valence-electron chi connectivity index (χ0n) is 10.6. The molecule has 0 aliphatic heterocycles. The minimum absolute atomic E-state index is 0.267. The van der Waals surface area contributed by atoms with Crippen molar-refractivity contribution in [3.05, 3.63) is 33.3 Å². The average Bonchev–Trinajstić information content (AvgIpc) is 2.35. The molecule has 1 aromatic rings. The van der Waals surface area contributed by atoms with E-state index in [1.54, 1.807) is 0 Å². The van der Waals surface area contributed by atoms with Crippen LogP contribution in [-0.2, 0) is 0 Å². The van der Waals surface area contributed by atoms with Crippen molar-refractivity contribution in [2.75, 3.05) is 0 Å². The highest BCUT2D eigenvalue weighted by Gasteiger charge is 2.22. The predicted molar refractivity (Wildman–Crippen MR) is 74.5 cm³/mol. The Hall–Kier alpha value is -0.630. The molecule has 2 rings (SSSR count). The molecule has 0 unspecified atom stereocenters. The van der Waals surface area contributed by atoms with Crippen LogP contribution in [-0.4, -0.2) is 5.78 Å². The van der Waals surface area contributed by atoms with Gasteiger partial charge in [-0.2, -0.15) is 0 Å². The summed E-state index contributed by atoms with van der Waals surface area (Å²) in [6, 6.07) is 4.04. The molecule has 0 bridgehead atoms. The van der Waals surface area contributed by atoms with Gasteiger partial charge in [-0.05, 0) is 49.9 Å². The maximum Gasteiger partial charge on any atom is 0.165 e. The molecule has 0 heterocycles. The summed E-state index contributed by atoms with van der Waals surface area (Å²) >= 11 is 3.55. The molecule has 0 spiro atoms. The summed E-state index contributed by atoms with van der Waals surface area (Å²) in [5, 5.41) is 0. The van der Waals surface area contributed by atoms with E-state index in [1.165, 1.54) is 19.3 Å². The van der Waals surface area contributed by atoms with E-state index >= 15 is 0 Å². The van der Waals surface area contributed by atoms with Gasteiger partial charge in [-0.1, -0.05) is 35.2 Å². The lowest BCUT2D eigenvalue weighted by atomic mass is 9.83. The van der Waals surface area contributed by atoms with Gasteiger partial charge in [-0.15, -0.1) is 0 Å². The molecule has 1 aliphatic rings. The molecule has 1 nitrogen and oxygen atoms in total. The Morgan fingerprint density at radius 3 is 2.18 bits per heavy atom. The highest BCUT2D eigenvalue weighted by molar-refractivity contribution is 9.10. The first-order valence-corrected chi connectivity index (χ1v) is 7.20. The molecule has 0 amide bonds. The van der Waals surface area contributed by atoms with Crippen LogP contribution in [0.5, 0.6) is 0 Å². The van der Waals surface area contributed by atoms with E-state index in [0.29, 0.717) is 5.78 Å². The van der Waals surface area contributed by atoms with E-state index in [9.17, 15) is 4.79 Å². The van der Waals surface area contributed by atoms with Gasteiger partial charge in [0.25, 0.3) is 0 Å². The summed E-state index contributed by atoms with van der Waals surface area (Å²) in [6.07, 6.45) is 5.87. The fourth-order valence-corrected chi connectivity index (χ4v) is 2.92. The number of hydrogen-bond donors (Lipinski definition) is 0. The summed E-state index contributed by atoms with van der Waals surface area (Å²) in [5.41, 5.74) is 3.21. The number of carbonyl (C=O) groups is 1. The second-order valence-corrected chi connectivity index (χ2v) is 5.92. The molecule has 92 valence electrons. The number of ketones is 1. The van der Waals surface area contributed by atoms with Crippen LogP contribution in [0.3, 0.4) is 0 Å². The van der Waals surface area contributed by atoms with E-state index < -0.39 is 0 Å². The molecule has 1 aliphatic carbocycles. The Morgan fingerprint density at radius 1 is 1.12 bits per heavy atom. The van der Waals surface area contributed by atoms with Crippen molar-refractivity contribution in [1.82, 2.24) is 0 Å². The second kappa shape index (κ2) is 5.34.